The number of nitrogens with zero attached hydrogens (tertiary/aromatic N) is 1. The van der Waals surface area contributed by atoms with E-state index in [1.165, 1.54) is 0 Å². The summed E-state index contributed by atoms with van der Waals surface area (Å²) in [6.07, 6.45) is 0. The molecule has 0 saturated heterocycles. The summed E-state index contributed by atoms with van der Waals surface area (Å²) in [4.78, 5) is 12.2. The minimum absolute atomic E-state index is 0.240. The van der Waals surface area contributed by atoms with Crippen molar-refractivity contribution < 1.29 is 9.53 Å². The second-order valence-electron chi connectivity index (χ2n) is 6.22. The monoisotopic (exact) mass is 427 g/mol. The number of aryl methyl sites for hydroxylation is 1. The number of carbonyl (C=O) groups excluding carboxylic acids is 1. The molecule has 3 rings (SSSR count). The molecule has 140 valence electrons. The van der Waals surface area contributed by atoms with Gasteiger partial charge in [0.25, 0.3) is 0 Å². The quantitative estimate of drug-likeness (QED) is 0.588. The molecule has 0 unspecified atom stereocenters. The van der Waals surface area contributed by atoms with Crippen molar-refractivity contribution in [3.63, 3.8) is 0 Å². The van der Waals surface area contributed by atoms with Crippen molar-refractivity contribution in [1.82, 2.24) is 9.88 Å². The summed E-state index contributed by atoms with van der Waals surface area (Å²) in [7, 11) is 1.66. The summed E-state index contributed by atoms with van der Waals surface area (Å²) in [5, 5.41) is 5.77. The van der Waals surface area contributed by atoms with Crippen LogP contribution in [0.5, 0.6) is 5.75 Å². The molecule has 0 aliphatic rings. The third-order valence-corrected chi connectivity index (χ3v) is 5.12. The maximum Gasteiger partial charge on any atom is 0.319 e. The Hall–Kier alpha value is -2.73. The van der Waals surface area contributed by atoms with Crippen molar-refractivity contribution in [2.45, 2.75) is 20.4 Å². The van der Waals surface area contributed by atoms with Crippen molar-refractivity contribution in [3.8, 4) is 11.4 Å². The predicted molar refractivity (Wildman–Crippen MR) is 112 cm³/mol. The van der Waals surface area contributed by atoms with Crippen LogP contribution in [0.25, 0.3) is 5.69 Å². The Morgan fingerprint density at radius 2 is 1.81 bits per heavy atom. The van der Waals surface area contributed by atoms with E-state index < -0.39 is 0 Å². The molecule has 0 fully saturated rings. The van der Waals surface area contributed by atoms with Gasteiger partial charge in [-0.3, -0.25) is 0 Å². The Balaban J connectivity index is 1.71. The lowest BCUT2D eigenvalue weighted by Crippen LogP contribution is -2.28. The molecule has 0 spiro atoms. The number of nitrogens with one attached hydrogen (secondary N) is 2. The van der Waals surface area contributed by atoms with E-state index in [4.69, 9.17) is 4.74 Å². The van der Waals surface area contributed by atoms with Crippen molar-refractivity contribution in [1.29, 1.82) is 0 Å². The van der Waals surface area contributed by atoms with Gasteiger partial charge in [-0.1, -0.05) is 12.1 Å². The molecule has 0 aliphatic carbocycles. The van der Waals surface area contributed by atoms with Crippen LogP contribution in [0.1, 0.15) is 17.0 Å². The Morgan fingerprint density at radius 1 is 1.11 bits per heavy atom. The van der Waals surface area contributed by atoms with E-state index in [1.807, 2.05) is 48.5 Å². The van der Waals surface area contributed by atoms with Crippen molar-refractivity contribution >= 4 is 27.6 Å². The lowest BCUT2D eigenvalue weighted by molar-refractivity contribution is 0.251. The average Bonchev–Trinajstić information content (AvgIpc) is 2.95. The van der Waals surface area contributed by atoms with Crippen LogP contribution < -0.4 is 15.4 Å². The topological polar surface area (TPSA) is 55.3 Å². The van der Waals surface area contributed by atoms with Crippen LogP contribution in [0.2, 0.25) is 0 Å². The normalized spacial score (nSPS) is 10.5. The lowest BCUT2D eigenvalue weighted by Gasteiger charge is -2.12. The smallest absolute Gasteiger partial charge is 0.319 e. The zero-order valence-corrected chi connectivity index (χ0v) is 17.1. The minimum Gasteiger partial charge on any atom is -0.497 e. The molecule has 0 aliphatic heterocycles. The lowest BCUT2D eigenvalue weighted by atomic mass is 10.2. The van der Waals surface area contributed by atoms with Crippen LogP contribution in [0.4, 0.5) is 10.5 Å². The molecule has 5 nitrogen and oxygen atoms in total. The van der Waals surface area contributed by atoms with Crippen LogP contribution in [0, 0.1) is 13.8 Å². The SMILES string of the molecule is COc1ccc(-n2c(C)cc(CNC(=O)Nc3ccccc3Br)c2C)cc1. The first-order chi connectivity index (χ1) is 13.0. The van der Waals surface area contributed by atoms with Crippen molar-refractivity contribution in [3.05, 3.63) is 76.0 Å². The Kier molecular flexibility index (Phi) is 5.86. The third kappa shape index (κ3) is 4.34. The third-order valence-electron chi connectivity index (χ3n) is 4.43. The molecule has 6 heteroatoms. The van der Waals surface area contributed by atoms with E-state index in [1.54, 1.807) is 7.11 Å². The molecule has 0 saturated carbocycles. The Bertz CT molecular complexity index is 949. The van der Waals surface area contributed by atoms with Crippen LogP contribution >= 0.6 is 15.9 Å². The molecule has 27 heavy (non-hydrogen) atoms. The van der Waals surface area contributed by atoms with Gasteiger partial charge in [-0.2, -0.15) is 0 Å². The summed E-state index contributed by atoms with van der Waals surface area (Å²) in [6.45, 7) is 4.56. The van der Waals surface area contributed by atoms with Gasteiger partial charge in [0.1, 0.15) is 5.75 Å². The number of carbonyl (C=O) groups is 1. The fraction of sp³-hybridized carbons (Fsp3) is 0.190. The maximum absolute atomic E-state index is 12.2. The fourth-order valence-electron chi connectivity index (χ4n) is 3.04. The minimum atomic E-state index is -0.240. The van der Waals surface area contributed by atoms with E-state index in [9.17, 15) is 4.79 Å². The molecular formula is C21H22BrN3O2. The highest BCUT2D eigenvalue weighted by molar-refractivity contribution is 9.10. The largest absolute Gasteiger partial charge is 0.497 e. The predicted octanol–water partition coefficient (Wildman–Crippen LogP) is 5.19. The van der Waals surface area contributed by atoms with Gasteiger partial charge in [-0.05, 0) is 77.8 Å². The summed E-state index contributed by atoms with van der Waals surface area (Å²) in [5.74, 6) is 0.826. The number of para-hydroxylation sites is 1. The highest BCUT2D eigenvalue weighted by atomic mass is 79.9. The molecule has 2 amide bonds. The number of halogens is 1. The Labute approximate surface area is 167 Å². The van der Waals surface area contributed by atoms with Crippen molar-refractivity contribution in [2.75, 3.05) is 12.4 Å². The van der Waals surface area contributed by atoms with Gasteiger partial charge in [0.05, 0.1) is 12.8 Å². The summed E-state index contributed by atoms with van der Waals surface area (Å²) in [5.41, 5.74) is 5.08. The molecule has 0 radical (unpaired) electrons. The van der Waals surface area contributed by atoms with Gasteiger partial charge in [-0.15, -0.1) is 0 Å². The highest BCUT2D eigenvalue weighted by Crippen LogP contribution is 2.23. The molecular weight excluding hydrogens is 406 g/mol. The number of urea groups is 1. The second kappa shape index (κ2) is 8.31. The zero-order chi connectivity index (χ0) is 19.4. The first kappa shape index (κ1) is 19.0. The molecule has 0 atom stereocenters. The van der Waals surface area contributed by atoms with Gasteiger partial charge >= 0.3 is 6.03 Å². The van der Waals surface area contributed by atoms with Gasteiger partial charge in [0, 0.05) is 28.1 Å². The van der Waals surface area contributed by atoms with E-state index in [0.29, 0.717) is 6.54 Å². The van der Waals surface area contributed by atoms with E-state index in [0.717, 1.165) is 38.5 Å². The number of anilines is 1. The average molecular weight is 428 g/mol. The van der Waals surface area contributed by atoms with Gasteiger partial charge in [0.15, 0.2) is 0 Å². The number of amides is 2. The van der Waals surface area contributed by atoms with Gasteiger partial charge in [-0.25, -0.2) is 4.79 Å². The molecule has 2 N–H and O–H groups in total. The fourth-order valence-corrected chi connectivity index (χ4v) is 3.43. The molecule has 1 aromatic heterocycles. The van der Waals surface area contributed by atoms with Gasteiger partial charge < -0.3 is 19.9 Å². The number of benzene rings is 2. The molecule has 1 heterocycles. The first-order valence-electron chi connectivity index (χ1n) is 8.61. The van der Waals surface area contributed by atoms with Gasteiger partial charge in [0.2, 0.25) is 0 Å². The van der Waals surface area contributed by atoms with E-state index >= 15 is 0 Å². The van der Waals surface area contributed by atoms with Crippen LogP contribution in [-0.2, 0) is 6.54 Å². The number of aromatic nitrogens is 1. The second-order valence-corrected chi connectivity index (χ2v) is 7.07. The molecule has 3 aromatic rings. The summed E-state index contributed by atoms with van der Waals surface area (Å²) in [6, 6.07) is 17.3. The summed E-state index contributed by atoms with van der Waals surface area (Å²) < 4.78 is 8.24. The van der Waals surface area contributed by atoms with Crippen LogP contribution in [-0.4, -0.2) is 17.7 Å². The summed E-state index contributed by atoms with van der Waals surface area (Å²) >= 11 is 3.43. The number of hydrogen-bond acceptors (Lipinski definition) is 2. The maximum atomic E-state index is 12.2. The molecule has 0 bridgehead atoms. The number of hydrogen-bond donors (Lipinski definition) is 2. The van der Waals surface area contributed by atoms with E-state index in [2.05, 4.69) is 51.0 Å². The first-order valence-corrected chi connectivity index (χ1v) is 9.40. The highest BCUT2D eigenvalue weighted by Gasteiger charge is 2.12. The Morgan fingerprint density at radius 3 is 2.48 bits per heavy atom. The molecule has 2 aromatic carbocycles. The number of ether oxygens (including phenoxy) is 1. The zero-order valence-electron chi connectivity index (χ0n) is 15.5. The number of methoxy groups -OCH3 is 1. The van der Waals surface area contributed by atoms with E-state index in [-0.39, 0.29) is 6.03 Å². The van der Waals surface area contributed by atoms with Crippen LogP contribution in [0.15, 0.2) is 59.1 Å². The van der Waals surface area contributed by atoms with Crippen molar-refractivity contribution in [2.24, 2.45) is 0 Å². The standard InChI is InChI=1S/C21H22BrN3O2/c1-14-12-16(13-23-21(26)24-20-7-5-4-6-19(20)22)15(2)25(14)17-8-10-18(27-3)11-9-17/h4-12H,13H2,1-3H3,(H2,23,24,26). The van der Waals surface area contributed by atoms with Crippen LogP contribution in [0.3, 0.4) is 0 Å². The number of rotatable bonds is 5.